The molecule has 144 valence electrons. The van der Waals surface area contributed by atoms with E-state index in [9.17, 15) is 9.18 Å². The SMILES string of the molecule is COc1ccc(CCNC(=O)NC(c2ccc(F)cc2)C2CCCO2)cc1. The summed E-state index contributed by atoms with van der Waals surface area (Å²) in [6.07, 6.45) is 2.46. The van der Waals surface area contributed by atoms with E-state index in [1.165, 1.54) is 12.1 Å². The Kier molecular flexibility index (Phi) is 6.65. The molecule has 2 unspecified atom stereocenters. The summed E-state index contributed by atoms with van der Waals surface area (Å²) in [6.45, 7) is 1.20. The Labute approximate surface area is 158 Å². The summed E-state index contributed by atoms with van der Waals surface area (Å²) in [5.74, 6) is 0.511. The van der Waals surface area contributed by atoms with Crippen LogP contribution in [0.3, 0.4) is 0 Å². The molecule has 1 aliphatic rings. The van der Waals surface area contributed by atoms with Crippen molar-refractivity contribution in [1.82, 2.24) is 10.6 Å². The number of rotatable bonds is 7. The van der Waals surface area contributed by atoms with Crippen LogP contribution in [0.4, 0.5) is 9.18 Å². The maximum atomic E-state index is 13.2. The number of carbonyl (C=O) groups is 1. The molecule has 2 aromatic carbocycles. The maximum Gasteiger partial charge on any atom is 0.315 e. The number of nitrogens with one attached hydrogen (secondary N) is 2. The van der Waals surface area contributed by atoms with E-state index in [2.05, 4.69) is 10.6 Å². The van der Waals surface area contributed by atoms with Crippen LogP contribution in [0.15, 0.2) is 48.5 Å². The molecule has 2 aromatic rings. The van der Waals surface area contributed by atoms with Gasteiger partial charge in [-0.2, -0.15) is 0 Å². The zero-order valence-corrected chi connectivity index (χ0v) is 15.4. The molecule has 2 atom stereocenters. The van der Waals surface area contributed by atoms with E-state index in [4.69, 9.17) is 9.47 Å². The Morgan fingerprint density at radius 2 is 1.96 bits per heavy atom. The van der Waals surface area contributed by atoms with Crippen LogP contribution in [-0.2, 0) is 11.2 Å². The molecule has 2 N–H and O–H groups in total. The normalized spacial score (nSPS) is 17.3. The third kappa shape index (κ3) is 5.44. The van der Waals surface area contributed by atoms with Gasteiger partial charge in [0.1, 0.15) is 11.6 Å². The van der Waals surface area contributed by atoms with Gasteiger partial charge < -0.3 is 20.1 Å². The minimum Gasteiger partial charge on any atom is -0.497 e. The number of methoxy groups -OCH3 is 1. The van der Waals surface area contributed by atoms with Gasteiger partial charge in [0.25, 0.3) is 0 Å². The largest absolute Gasteiger partial charge is 0.497 e. The molecule has 0 spiro atoms. The summed E-state index contributed by atoms with van der Waals surface area (Å²) in [5.41, 5.74) is 1.96. The van der Waals surface area contributed by atoms with Crippen LogP contribution in [0.25, 0.3) is 0 Å². The van der Waals surface area contributed by atoms with Gasteiger partial charge in [-0.15, -0.1) is 0 Å². The van der Waals surface area contributed by atoms with E-state index in [1.807, 2.05) is 24.3 Å². The maximum absolute atomic E-state index is 13.2. The van der Waals surface area contributed by atoms with Crippen LogP contribution in [0.5, 0.6) is 5.75 Å². The number of hydrogen-bond acceptors (Lipinski definition) is 3. The molecule has 1 heterocycles. The molecule has 1 aliphatic heterocycles. The van der Waals surface area contributed by atoms with E-state index in [0.717, 1.165) is 36.1 Å². The van der Waals surface area contributed by atoms with Gasteiger partial charge in [-0.05, 0) is 54.7 Å². The molecular formula is C21H25FN2O3. The highest BCUT2D eigenvalue weighted by molar-refractivity contribution is 5.74. The molecule has 6 heteroatoms. The van der Waals surface area contributed by atoms with Gasteiger partial charge in [-0.1, -0.05) is 24.3 Å². The minimum atomic E-state index is -0.297. The van der Waals surface area contributed by atoms with Gasteiger partial charge in [0.05, 0.1) is 19.3 Å². The molecule has 0 aliphatic carbocycles. The first-order valence-electron chi connectivity index (χ1n) is 9.20. The van der Waals surface area contributed by atoms with Crippen molar-refractivity contribution in [2.45, 2.75) is 31.4 Å². The zero-order valence-electron chi connectivity index (χ0n) is 15.4. The van der Waals surface area contributed by atoms with Crippen molar-refractivity contribution in [2.75, 3.05) is 20.3 Å². The third-order valence-electron chi connectivity index (χ3n) is 4.71. The highest BCUT2D eigenvalue weighted by atomic mass is 19.1. The van der Waals surface area contributed by atoms with Crippen molar-refractivity contribution in [3.63, 3.8) is 0 Å². The number of benzene rings is 2. The second kappa shape index (κ2) is 9.37. The smallest absolute Gasteiger partial charge is 0.315 e. The van der Waals surface area contributed by atoms with Gasteiger partial charge in [-0.25, -0.2) is 9.18 Å². The molecule has 1 fully saturated rings. The number of carbonyl (C=O) groups excluding carboxylic acids is 1. The molecule has 0 saturated carbocycles. The fourth-order valence-corrected chi connectivity index (χ4v) is 3.23. The Morgan fingerprint density at radius 1 is 1.22 bits per heavy atom. The fourth-order valence-electron chi connectivity index (χ4n) is 3.23. The van der Waals surface area contributed by atoms with Gasteiger partial charge in [0.15, 0.2) is 0 Å². The summed E-state index contributed by atoms with van der Waals surface area (Å²) in [6, 6.07) is 13.4. The summed E-state index contributed by atoms with van der Waals surface area (Å²) in [5, 5.41) is 5.87. The van der Waals surface area contributed by atoms with Crippen LogP contribution in [0.1, 0.15) is 30.0 Å². The lowest BCUT2D eigenvalue weighted by atomic mass is 9.99. The van der Waals surface area contributed by atoms with Crippen molar-refractivity contribution in [3.05, 3.63) is 65.5 Å². The van der Waals surface area contributed by atoms with Crippen molar-refractivity contribution >= 4 is 6.03 Å². The first kappa shape index (κ1) is 19.2. The number of urea groups is 1. The van der Waals surface area contributed by atoms with Crippen LogP contribution < -0.4 is 15.4 Å². The summed E-state index contributed by atoms with van der Waals surface area (Å²) < 4.78 is 24.1. The molecule has 27 heavy (non-hydrogen) atoms. The van der Waals surface area contributed by atoms with Crippen molar-refractivity contribution < 1.29 is 18.7 Å². The molecule has 5 nitrogen and oxygen atoms in total. The fraction of sp³-hybridized carbons (Fsp3) is 0.381. The van der Waals surface area contributed by atoms with Crippen LogP contribution >= 0.6 is 0 Å². The average molecular weight is 372 g/mol. The highest BCUT2D eigenvalue weighted by Crippen LogP contribution is 2.27. The van der Waals surface area contributed by atoms with Crippen molar-refractivity contribution in [1.29, 1.82) is 0 Å². The molecular weight excluding hydrogens is 347 g/mol. The third-order valence-corrected chi connectivity index (χ3v) is 4.71. The lowest BCUT2D eigenvalue weighted by Gasteiger charge is -2.25. The van der Waals surface area contributed by atoms with Crippen molar-refractivity contribution in [3.8, 4) is 5.75 Å². The molecule has 3 rings (SSSR count). The number of ether oxygens (including phenoxy) is 2. The monoisotopic (exact) mass is 372 g/mol. The Hall–Kier alpha value is -2.60. The van der Waals surface area contributed by atoms with Gasteiger partial charge in [-0.3, -0.25) is 0 Å². The molecule has 0 aromatic heterocycles. The standard InChI is InChI=1S/C21H25FN2O3/c1-26-18-10-4-15(5-11-18)12-13-23-21(25)24-20(19-3-2-14-27-19)16-6-8-17(22)9-7-16/h4-11,19-20H,2-3,12-14H2,1H3,(H2,23,24,25). The molecule has 0 bridgehead atoms. The quantitative estimate of drug-likeness (QED) is 0.781. The molecule has 0 radical (unpaired) electrons. The molecule has 2 amide bonds. The number of halogens is 1. The summed E-state index contributed by atoms with van der Waals surface area (Å²) >= 11 is 0. The predicted molar refractivity (Wildman–Crippen MR) is 101 cm³/mol. The van der Waals surface area contributed by atoms with Crippen LogP contribution in [0.2, 0.25) is 0 Å². The Bertz CT molecular complexity index is 728. The Balaban J connectivity index is 1.54. The van der Waals surface area contributed by atoms with E-state index in [0.29, 0.717) is 13.2 Å². The lowest BCUT2D eigenvalue weighted by Crippen LogP contribution is -2.42. The summed E-state index contributed by atoms with van der Waals surface area (Å²) in [4.78, 5) is 12.4. The molecule has 1 saturated heterocycles. The number of amides is 2. The topological polar surface area (TPSA) is 59.6 Å². The minimum absolute atomic E-state index is 0.0946. The lowest BCUT2D eigenvalue weighted by molar-refractivity contribution is 0.0807. The highest BCUT2D eigenvalue weighted by Gasteiger charge is 2.28. The second-order valence-corrected chi connectivity index (χ2v) is 6.58. The van der Waals surface area contributed by atoms with Crippen LogP contribution in [0, 0.1) is 5.82 Å². The van der Waals surface area contributed by atoms with Gasteiger partial charge in [0.2, 0.25) is 0 Å². The van der Waals surface area contributed by atoms with E-state index in [1.54, 1.807) is 19.2 Å². The Morgan fingerprint density at radius 3 is 2.59 bits per heavy atom. The van der Waals surface area contributed by atoms with E-state index >= 15 is 0 Å². The zero-order chi connectivity index (χ0) is 19.1. The van der Waals surface area contributed by atoms with Crippen LogP contribution in [-0.4, -0.2) is 32.4 Å². The predicted octanol–water partition coefficient (Wildman–Crippen LogP) is 3.60. The van der Waals surface area contributed by atoms with Crippen molar-refractivity contribution in [2.24, 2.45) is 0 Å². The second-order valence-electron chi connectivity index (χ2n) is 6.58. The van der Waals surface area contributed by atoms with Gasteiger partial charge in [0, 0.05) is 13.2 Å². The average Bonchev–Trinajstić information content (AvgIpc) is 3.22. The van der Waals surface area contributed by atoms with Gasteiger partial charge >= 0.3 is 6.03 Å². The first-order chi connectivity index (χ1) is 13.2. The van der Waals surface area contributed by atoms with E-state index < -0.39 is 0 Å². The summed E-state index contributed by atoms with van der Waals surface area (Å²) in [7, 11) is 1.63. The van der Waals surface area contributed by atoms with E-state index in [-0.39, 0.29) is 24.0 Å². The first-order valence-corrected chi connectivity index (χ1v) is 9.20. The number of hydrogen-bond donors (Lipinski definition) is 2.